The highest BCUT2D eigenvalue weighted by Crippen LogP contribution is 2.54. The Labute approximate surface area is 191 Å². The van der Waals surface area contributed by atoms with Crippen LogP contribution in [0.25, 0.3) is 0 Å². The first-order valence-electron chi connectivity index (χ1n) is 11.6. The lowest BCUT2D eigenvalue weighted by atomic mass is 10.1. The smallest absolute Gasteiger partial charge is 0.315 e. The molecule has 172 valence electrons. The van der Waals surface area contributed by atoms with Gasteiger partial charge in [0.05, 0.1) is 12.0 Å². The van der Waals surface area contributed by atoms with Gasteiger partial charge in [-0.3, -0.25) is 4.79 Å². The number of amides is 3. The molecule has 33 heavy (non-hydrogen) atoms. The van der Waals surface area contributed by atoms with Crippen molar-refractivity contribution in [2.75, 3.05) is 25.5 Å². The molecule has 9 heteroatoms. The number of carbonyl (C=O) groups excluding carboxylic acids is 2. The molecule has 0 unspecified atom stereocenters. The summed E-state index contributed by atoms with van der Waals surface area (Å²) in [5, 5.41) is 9.00. The number of hydrogen-bond donors (Lipinski definition) is 3. The molecule has 1 aromatic carbocycles. The van der Waals surface area contributed by atoms with E-state index in [4.69, 9.17) is 9.47 Å². The molecular weight excluding hydrogens is 422 g/mol. The van der Waals surface area contributed by atoms with E-state index in [-0.39, 0.29) is 36.0 Å². The van der Waals surface area contributed by atoms with E-state index in [1.807, 2.05) is 24.3 Å². The fourth-order valence-corrected chi connectivity index (χ4v) is 5.09. The topological polar surface area (TPSA) is 105 Å². The van der Waals surface area contributed by atoms with E-state index in [1.165, 1.54) is 0 Å². The third kappa shape index (κ3) is 3.86. The van der Waals surface area contributed by atoms with Crippen molar-refractivity contribution in [3.63, 3.8) is 0 Å². The largest absolute Gasteiger partial charge is 0.487 e. The number of urea groups is 1. The van der Waals surface area contributed by atoms with Crippen LogP contribution in [0.4, 0.5) is 10.6 Å². The summed E-state index contributed by atoms with van der Waals surface area (Å²) in [4.78, 5) is 30.7. The average molecular weight is 450 g/mol. The number of likely N-dealkylation sites (tertiary alicyclic amines) is 1. The number of benzene rings is 1. The van der Waals surface area contributed by atoms with E-state index in [1.54, 1.807) is 6.20 Å². The maximum absolute atomic E-state index is 12.5. The molecule has 1 aromatic heterocycles. The Balaban J connectivity index is 1.11. The summed E-state index contributed by atoms with van der Waals surface area (Å²) >= 11 is 0. The van der Waals surface area contributed by atoms with Crippen LogP contribution in [0, 0.1) is 0 Å². The van der Waals surface area contributed by atoms with Gasteiger partial charge in [-0.25, -0.2) is 9.78 Å². The maximum atomic E-state index is 12.5. The standard InChI is InChI=1S/C24H27N5O4/c1-29-10-7-13(8-11-29)26-24(31)28-21-20-16-12-14(2-4-17(16)33-22(20)21)32-18-6-9-25-23-15(18)3-5-19(30)27-23/h2,4,6,9,12-13,20-22H,3,5,7-8,10-11H2,1H3,(H,25,27,30)(H2,26,28,31)/t20-,21-,22-/m0/s1. The average Bonchev–Trinajstić information content (AvgIpc) is 3.31. The second-order valence-electron chi connectivity index (χ2n) is 9.32. The Morgan fingerprint density at radius 2 is 2.06 bits per heavy atom. The van der Waals surface area contributed by atoms with Gasteiger partial charge >= 0.3 is 6.03 Å². The quantitative estimate of drug-likeness (QED) is 0.662. The SMILES string of the molecule is CN1CCC(NC(=O)N[C@@H]2[C@H]3Oc4ccc(Oc5ccnc6c5CCC(=O)N6)cc4[C@@H]23)CC1. The molecular formula is C24H27N5O4. The summed E-state index contributed by atoms with van der Waals surface area (Å²) in [6.07, 6.45) is 4.58. The molecule has 9 nitrogen and oxygen atoms in total. The van der Waals surface area contributed by atoms with Crippen LogP contribution in [0.2, 0.25) is 0 Å². The third-order valence-corrected chi connectivity index (χ3v) is 7.01. The minimum absolute atomic E-state index is 0.0251. The van der Waals surface area contributed by atoms with Crippen LogP contribution >= 0.6 is 0 Å². The Morgan fingerprint density at radius 3 is 2.91 bits per heavy atom. The highest BCUT2D eigenvalue weighted by molar-refractivity contribution is 5.93. The molecule has 6 rings (SSSR count). The lowest BCUT2D eigenvalue weighted by Gasteiger charge is -2.29. The number of ether oxygens (including phenoxy) is 2. The molecule has 3 atom stereocenters. The molecule has 3 N–H and O–H groups in total. The number of rotatable bonds is 4. The van der Waals surface area contributed by atoms with Crippen LogP contribution in [-0.2, 0) is 11.2 Å². The van der Waals surface area contributed by atoms with Crippen molar-refractivity contribution in [2.24, 2.45) is 0 Å². The normalized spacial score (nSPS) is 25.7. The number of aromatic nitrogens is 1. The zero-order valence-electron chi connectivity index (χ0n) is 18.5. The monoisotopic (exact) mass is 449 g/mol. The number of nitrogens with one attached hydrogen (secondary N) is 3. The summed E-state index contributed by atoms with van der Waals surface area (Å²) in [5.41, 5.74) is 1.96. The number of nitrogens with zero attached hydrogens (tertiary/aromatic N) is 2. The van der Waals surface area contributed by atoms with Crippen molar-refractivity contribution in [3.05, 3.63) is 41.6 Å². The zero-order chi connectivity index (χ0) is 22.5. The van der Waals surface area contributed by atoms with E-state index in [2.05, 4.69) is 32.9 Å². The van der Waals surface area contributed by atoms with Crippen LogP contribution in [0.5, 0.6) is 17.2 Å². The lowest BCUT2D eigenvalue weighted by molar-refractivity contribution is -0.116. The minimum atomic E-state index is -0.119. The third-order valence-electron chi connectivity index (χ3n) is 7.01. The molecule has 3 aliphatic heterocycles. The van der Waals surface area contributed by atoms with Crippen molar-refractivity contribution in [2.45, 2.75) is 49.8 Å². The number of fused-ring (bicyclic) bond motifs is 4. The predicted octanol–water partition coefficient (Wildman–Crippen LogP) is 2.38. The van der Waals surface area contributed by atoms with E-state index in [0.29, 0.717) is 30.2 Å². The van der Waals surface area contributed by atoms with E-state index < -0.39 is 0 Å². The lowest BCUT2D eigenvalue weighted by Crippen LogP contribution is -2.48. The summed E-state index contributed by atoms with van der Waals surface area (Å²) in [6.45, 7) is 2.01. The van der Waals surface area contributed by atoms with Gasteiger partial charge in [0.15, 0.2) is 0 Å². The second kappa shape index (κ2) is 7.91. The van der Waals surface area contributed by atoms with Gasteiger partial charge in [0.25, 0.3) is 0 Å². The predicted molar refractivity (Wildman–Crippen MR) is 121 cm³/mol. The van der Waals surface area contributed by atoms with Crippen LogP contribution < -0.4 is 25.4 Å². The van der Waals surface area contributed by atoms with Crippen LogP contribution in [0.1, 0.15) is 36.3 Å². The van der Waals surface area contributed by atoms with Gasteiger partial charge in [-0.05, 0) is 63.7 Å². The molecule has 2 fully saturated rings. The summed E-state index contributed by atoms with van der Waals surface area (Å²) < 4.78 is 12.2. The van der Waals surface area contributed by atoms with Crippen molar-refractivity contribution in [1.82, 2.24) is 20.5 Å². The summed E-state index contributed by atoms with van der Waals surface area (Å²) in [7, 11) is 2.11. The molecule has 0 spiro atoms. The number of carbonyl (C=O) groups is 2. The van der Waals surface area contributed by atoms with Gasteiger partial charge in [-0.2, -0.15) is 0 Å². The van der Waals surface area contributed by atoms with Gasteiger partial charge in [-0.1, -0.05) is 0 Å². The van der Waals surface area contributed by atoms with Gasteiger partial charge in [-0.15, -0.1) is 0 Å². The maximum Gasteiger partial charge on any atom is 0.315 e. The molecule has 4 heterocycles. The fraction of sp³-hybridized carbons (Fsp3) is 0.458. The molecule has 0 bridgehead atoms. The van der Waals surface area contributed by atoms with Crippen LogP contribution in [0.15, 0.2) is 30.5 Å². The van der Waals surface area contributed by atoms with Crippen molar-refractivity contribution >= 4 is 17.8 Å². The number of hydrogen-bond acceptors (Lipinski definition) is 6. The molecule has 1 saturated heterocycles. The van der Waals surface area contributed by atoms with E-state index in [9.17, 15) is 9.59 Å². The second-order valence-corrected chi connectivity index (χ2v) is 9.32. The van der Waals surface area contributed by atoms with Crippen LogP contribution in [-0.4, -0.2) is 60.1 Å². The fourth-order valence-electron chi connectivity index (χ4n) is 5.09. The first kappa shape index (κ1) is 20.3. The van der Waals surface area contributed by atoms with Gasteiger partial charge < -0.3 is 30.3 Å². The Kier molecular flexibility index (Phi) is 4.86. The van der Waals surface area contributed by atoms with Crippen molar-refractivity contribution < 1.29 is 19.1 Å². The highest BCUT2D eigenvalue weighted by Gasteiger charge is 2.59. The van der Waals surface area contributed by atoms with Crippen molar-refractivity contribution in [3.8, 4) is 17.2 Å². The number of piperidine rings is 1. The molecule has 1 aliphatic carbocycles. The number of pyridine rings is 1. The Hall–Kier alpha value is -3.33. The Morgan fingerprint density at radius 1 is 1.21 bits per heavy atom. The molecule has 4 aliphatic rings. The van der Waals surface area contributed by atoms with E-state index in [0.717, 1.165) is 42.8 Å². The summed E-state index contributed by atoms with van der Waals surface area (Å²) in [5.74, 6) is 2.91. The van der Waals surface area contributed by atoms with Gasteiger partial charge in [0.2, 0.25) is 5.91 Å². The number of anilines is 1. The highest BCUT2D eigenvalue weighted by atomic mass is 16.5. The Bertz CT molecular complexity index is 1110. The zero-order valence-corrected chi connectivity index (χ0v) is 18.5. The summed E-state index contributed by atoms with van der Waals surface area (Å²) in [6, 6.07) is 7.69. The van der Waals surface area contributed by atoms with Crippen molar-refractivity contribution in [1.29, 1.82) is 0 Å². The van der Waals surface area contributed by atoms with Gasteiger partial charge in [0.1, 0.15) is 29.2 Å². The molecule has 3 amide bonds. The van der Waals surface area contributed by atoms with Gasteiger partial charge in [0, 0.05) is 29.8 Å². The van der Waals surface area contributed by atoms with Crippen LogP contribution in [0.3, 0.4) is 0 Å². The first-order valence-corrected chi connectivity index (χ1v) is 11.6. The molecule has 0 radical (unpaired) electrons. The molecule has 1 saturated carbocycles. The van der Waals surface area contributed by atoms with E-state index >= 15 is 0 Å². The first-order chi connectivity index (χ1) is 16.0. The molecule has 2 aromatic rings. The minimum Gasteiger partial charge on any atom is -0.487 e.